The first-order valence-electron chi connectivity index (χ1n) is 6.85. The van der Waals surface area contributed by atoms with Gasteiger partial charge in [-0.05, 0) is 39.4 Å². The van der Waals surface area contributed by atoms with Crippen LogP contribution in [0.2, 0.25) is 0 Å². The molecule has 0 radical (unpaired) electrons. The molecule has 0 aromatic heterocycles. The lowest BCUT2D eigenvalue weighted by Gasteiger charge is -2.26. The fourth-order valence-corrected chi connectivity index (χ4v) is 3.09. The van der Waals surface area contributed by atoms with Crippen LogP contribution in [0.25, 0.3) is 0 Å². The summed E-state index contributed by atoms with van der Waals surface area (Å²) in [5.41, 5.74) is 6.25. The Morgan fingerprint density at radius 3 is 2.88 bits per heavy atom. The minimum Gasteiger partial charge on any atom is -0.381 e. The van der Waals surface area contributed by atoms with Crippen molar-refractivity contribution in [3.8, 4) is 0 Å². The van der Waals surface area contributed by atoms with Gasteiger partial charge >= 0.3 is 0 Å². The molecule has 2 saturated heterocycles. The maximum Gasteiger partial charge on any atom is 0.0510 e. The topological polar surface area (TPSA) is 41.7 Å². The van der Waals surface area contributed by atoms with Crippen LogP contribution in [0.1, 0.15) is 12.8 Å². The summed E-state index contributed by atoms with van der Waals surface area (Å²) in [6.07, 6.45) is 2.48. The maximum atomic E-state index is 6.25. The molecule has 2 rings (SSSR count). The lowest BCUT2D eigenvalue weighted by molar-refractivity contribution is 0.171. The van der Waals surface area contributed by atoms with Crippen molar-refractivity contribution in [2.45, 2.75) is 18.9 Å². The van der Waals surface area contributed by atoms with Crippen molar-refractivity contribution >= 4 is 0 Å². The van der Waals surface area contributed by atoms with E-state index in [2.05, 4.69) is 23.9 Å². The van der Waals surface area contributed by atoms with Crippen LogP contribution in [0, 0.1) is 11.8 Å². The number of likely N-dealkylation sites (tertiary alicyclic amines) is 1. The molecule has 3 atom stereocenters. The van der Waals surface area contributed by atoms with E-state index in [1.54, 1.807) is 0 Å². The van der Waals surface area contributed by atoms with Crippen molar-refractivity contribution in [2.24, 2.45) is 17.6 Å². The summed E-state index contributed by atoms with van der Waals surface area (Å²) in [7, 11) is 4.41. The van der Waals surface area contributed by atoms with Crippen LogP contribution in [0.5, 0.6) is 0 Å². The average molecular weight is 241 g/mol. The summed E-state index contributed by atoms with van der Waals surface area (Å²) in [4.78, 5) is 4.83. The van der Waals surface area contributed by atoms with E-state index in [0.717, 1.165) is 32.1 Å². The van der Waals surface area contributed by atoms with Gasteiger partial charge in [-0.25, -0.2) is 0 Å². The molecule has 0 saturated carbocycles. The molecule has 2 fully saturated rings. The third kappa shape index (κ3) is 3.91. The molecule has 2 heterocycles. The van der Waals surface area contributed by atoms with E-state index >= 15 is 0 Å². The molecule has 0 amide bonds. The monoisotopic (exact) mass is 241 g/mol. The number of rotatable bonds is 5. The number of nitrogens with zero attached hydrogens (tertiary/aromatic N) is 2. The Hall–Kier alpha value is -0.160. The third-order valence-corrected chi connectivity index (χ3v) is 4.15. The quantitative estimate of drug-likeness (QED) is 0.748. The minimum absolute atomic E-state index is 0.279. The fraction of sp³-hybridized carbons (Fsp3) is 1.00. The van der Waals surface area contributed by atoms with E-state index < -0.39 is 0 Å². The first kappa shape index (κ1) is 13.3. The molecule has 4 heteroatoms. The Bertz CT molecular complexity index is 231. The largest absolute Gasteiger partial charge is 0.381 e. The Labute approximate surface area is 105 Å². The first-order chi connectivity index (χ1) is 8.15. The molecule has 4 nitrogen and oxygen atoms in total. The highest BCUT2D eigenvalue weighted by Gasteiger charge is 2.25. The van der Waals surface area contributed by atoms with Crippen molar-refractivity contribution in [3.05, 3.63) is 0 Å². The zero-order chi connectivity index (χ0) is 12.3. The highest BCUT2D eigenvalue weighted by molar-refractivity contribution is 4.81. The normalized spacial score (nSPS) is 32.5. The predicted molar refractivity (Wildman–Crippen MR) is 70.0 cm³/mol. The first-order valence-corrected chi connectivity index (χ1v) is 6.85. The highest BCUT2D eigenvalue weighted by Crippen LogP contribution is 2.18. The van der Waals surface area contributed by atoms with E-state index in [0.29, 0.717) is 5.92 Å². The second kappa shape index (κ2) is 6.14. The van der Waals surface area contributed by atoms with Gasteiger partial charge in [-0.3, -0.25) is 0 Å². The molecule has 0 aromatic rings. The molecule has 0 aliphatic carbocycles. The van der Waals surface area contributed by atoms with Crippen LogP contribution >= 0.6 is 0 Å². The van der Waals surface area contributed by atoms with Crippen molar-refractivity contribution in [1.29, 1.82) is 0 Å². The Morgan fingerprint density at radius 2 is 2.29 bits per heavy atom. The van der Waals surface area contributed by atoms with Gasteiger partial charge in [0.15, 0.2) is 0 Å². The fourth-order valence-electron chi connectivity index (χ4n) is 3.09. The van der Waals surface area contributed by atoms with Crippen molar-refractivity contribution in [2.75, 3.05) is 53.5 Å². The summed E-state index contributed by atoms with van der Waals surface area (Å²) in [6.45, 7) is 6.45. The Balaban J connectivity index is 1.67. The van der Waals surface area contributed by atoms with Gasteiger partial charge in [0.1, 0.15) is 0 Å². The van der Waals surface area contributed by atoms with Gasteiger partial charge in [-0.2, -0.15) is 0 Å². The van der Waals surface area contributed by atoms with E-state index in [1.807, 2.05) is 0 Å². The van der Waals surface area contributed by atoms with Crippen molar-refractivity contribution in [1.82, 2.24) is 9.80 Å². The van der Waals surface area contributed by atoms with E-state index in [4.69, 9.17) is 10.5 Å². The zero-order valence-corrected chi connectivity index (χ0v) is 11.3. The molecular weight excluding hydrogens is 214 g/mol. The summed E-state index contributed by atoms with van der Waals surface area (Å²) in [5, 5.41) is 0. The van der Waals surface area contributed by atoms with E-state index in [1.165, 1.54) is 26.1 Å². The van der Waals surface area contributed by atoms with Gasteiger partial charge in [0.25, 0.3) is 0 Å². The minimum atomic E-state index is 0.279. The molecule has 3 unspecified atom stereocenters. The maximum absolute atomic E-state index is 6.25. The Kier molecular flexibility index (Phi) is 4.79. The van der Waals surface area contributed by atoms with Gasteiger partial charge in [-0.15, -0.1) is 0 Å². The van der Waals surface area contributed by atoms with Crippen molar-refractivity contribution < 1.29 is 4.74 Å². The van der Waals surface area contributed by atoms with Crippen LogP contribution in [-0.4, -0.2) is 69.3 Å². The summed E-state index contributed by atoms with van der Waals surface area (Å²) >= 11 is 0. The van der Waals surface area contributed by atoms with Gasteiger partial charge in [0.05, 0.1) is 6.61 Å². The van der Waals surface area contributed by atoms with Gasteiger partial charge < -0.3 is 20.3 Å². The highest BCUT2D eigenvalue weighted by atomic mass is 16.5. The molecule has 2 aliphatic rings. The molecule has 2 N–H and O–H groups in total. The average Bonchev–Trinajstić information content (AvgIpc) is 2.89. The summed E-state index contributed by atoms with van der Waals surface area (Å²) < 4.78 is 5.40. The van der Waals surface area contributed by atoms with E-state index in [9.17, 15) is 0 Å². The lowest BCUT2D eigenvalue weighted by Crippen LogP contribution is -2.42. The number of likely N-dealkylation sites (N-methyl/N-ethyl adjacent to an activating group) is 1. The zero-order valence-electron chi connectivity index (χ0n) is 11.3. The molecular formula is C13H27N3O. The van der Waals surface area contributed by atoms with Crippen LogP contribution < -0.4 is 5.73 Å². The van der Waals surface area contributed by atoms with E-state index in [-0.39, 0.29) is 6.04 Å². The standard InChI is InChI=1S/C13H27N3O/c1-15-5-3-11(7-15)8-16(2)9-13(14)12-4-6-17-10-12/h11-13H,3-10,14H2,1-2H3. The molecule has 100 valence electrons. The van der Waals surface area contributed by atoms with Crippen LogP contribution in [0.3, 0.4) is 0 Å². The number of ether oxygens (including phenoxy) is 1. The Morgan fingerprint density at radius 1 is 1.47 bits per heavy atom. The molecule has 0 bridgehead atoms. The van der Waals surface area contributed by atoms with Crippen LogP contribution in [0.4, 0.5) is 0 Å². The van der Waals surface area contributed by atoms with Crippen LogP contribution in [-0.2, 0) is 4.74 Å². The molecule has 2 aliphatic heterocycles. The van der Waals surface area contributed by atoms with Crippen LogP contribution in [0.15, 0.2) is 0 Å². The summed E-state index contributed by atoms with van der Waals surface area (Å²) in [6, 6.07) is 0.279. The molecule has 0 spiro atoms. The lowest BCUT2D eigenvalue weighted by atomic mass is 9.99. The second-order valence-electron chi connectivity index (χ2n) is 5.93. The van der Waals surface area contributed by atoms with Crippen molar-refractivity contribution in [3.63, 3.8) is 0 Å². The third-order valence-electron chi connectivity index (χ3n) is 4.15. The predicted octanol–water partition coefficient (Wildman–Crippen LogP) is 0.234. The summed E-state index contributed by atoms with van der Waals surface area (Å²) in [5.74, 6) is 1.40. The van der Waals surface area contributed by atoms with Gasteiger partial charge in [0, 0.05) is 38.2 Å². The number of hydrogen-bond donors (Lipinski definition) is 1. The second-order valence-corrected chi connectivity index (χ2v) is 5.93. The number of hydrogen-bond acceptors (Lipinski definition) is 4. The van der Waals surface area contributed by atoms with Gasteiger partial charge in [0.2, 0.25) is 0 Å². The smallest absolute Gasteiger partial charge is 0.0510 e. The van der Waals surface area contributed by atoms with Gasteiger partial charge in [-0.1, -0.05) is 0 Å². The number of nitrogens with two attached hydrogens (primary N) is 1. The SMILES string of the molecule is CN1CCC(CN(C)CC(N)C2CCOC2)C1. The molecule has 17 heavy (non-hydrogen) atoms. The molecule has 0 aromatic carbocycles.